The first-order valence-electron chi connectivity index (χ1n) is 5.87. The Morgan fingerprint density at radius 2 is 2.06 bits per heavy atom. The van der Waals surface area contributed by atoms with Crippen molar-refractivity contribution in [2.45, 2.75) is 26.2 Å². The minimum atomic E-state index is -0.816. The molecule has 0 heterocycles. The van der Waals surface area contributed by atoms with Crippen LogP contribution in [0.3, 0.4) is 0 Å². The first-order chi connectivity index (χ1) is 8.50. The molecule has 1 aromatic rings. The van der Waals surface area contributed by atoms with E-state index in [4.69, 9.17) is 10.8 Å². The third-order valence-corrected chi connectivity index (χ3v) is 2.56. The average molecular weight is 250 g/mol. The summed E-state index contributed by atoms with van der Waals surface area (Å²) in [6.07, 6.45) is 1.32. The molecule has 0 spiro atoms. The zero-order chi connectivity index (χ0) is 13.5. The molecule has 0 saturated carbocycles. The van der Waals surface area contributed by atoms with Crippen molar-refractivity contribution in [1.82, 2.24) is 5.32 Å². The lowest BCUT2D eigenvalue weighted by Crippen LogP contribution is -2.25. The lowest BCUT2D eigenvalue weighted by Gasteiger charge is -2.08. The van der Waals surface area contributed by atoms with Crippen molar-refractivity contribution in [2.75, 3.05) is 12.3 Å². The topological polar surface area (TPSA) is 92.4 Å². The van der Waals surface area contributed by atoms with Crippen LogP contribution in [0.2, 0.25) is 0 Å². The van der Waals surface area contributed by atoms with Crippen LogP contribution >= 0.6 is 0 Å². The van der Waals surface area contributed by atoms with Crippen LogP contribution in [-0.2, 0) is 4.79 Å². The van der Waals surface area contributed by atoms with Gasteiger partial charge in [-0.05, 0) is 31.9 Å². The van der Waals surface area contributed by atoms with Crippen LogP contribution in [0.1, 0.15) is 35.2 Å². The molecule has 0 aromatic heterocycles. The highest BCUT2D eigenvalue weighted by Gasteiger charge is 2.08. The summed E-state index contributed by atoms with van der Waals surface area (Å²) in [5.41, 5.74) is 7.61. The maximum atomic E-state index is 11.8. The van der Waals surface area contributed by atoms with E-state index in [1.807, 2.05) is 13.0 Å². The van der Waals surface area contributed by atoms with E-state index < -0.39 is 5.97 Å². The molecule has 1 rings (SSSR count). The number of benzene rings is 1. The first-order valence-corrected chi connectivity index (χ1v) is 5.87. The van der Waals surface area contributed by atoms with Crippen molar-refractivity contribution < 1.29 is 14.7 Å². The van der Waals surface area contributed by atoms with Gasteiger partial charge in [-0.15, -0.1) is 0 Å². The van der Waals surface area contributed by atoms with E-state index in [0.29, 0.717) is 30.6 Å². The molecule has 4 N–H and O–H groups in total. The number of nitrogens with two attached hydrogens (primary N) is 1. The first kappa shape index (κ1) is 14.0. The number of amides is 1. The number of hydrogen-bond acceptors (Lipinski definition) is 3. The van der Waals surface area contributed by atoms with Gasteiger partial charge in [-0.25, -0.2) is 0 Å². The van der Waals surface area contributed by atoms with E-state index in [1.165, 1.54) is 0 Å². The van der Waals surface area contributed by atoms with Crippen molar-refractivity contribution in [2.24, 2.45) is 0 Å². The van der Waals surface area contributed by atoms with Crippen LogP contribution in [-0.4, -0.2) is 23.5 Å². The number of aliphatic carboxylic acids is 1. The maximum Gasteiger partial charge on any atom is 0.303 e. The monoisotopic (exact) mass is 250 g/mol. The van der Waals surface area contributed by atoms with Crippen molar-refractivity contribution in [3.63, 3.8) is 0 Å². The summed E-state index contributed by atoms with van der Waals surface area (Å²) in [5.74, 6) is -1.03. The molecule has 1 amide bonds. The summed E-state index contributed by atoms with van der Waals surface area (Å²) in [7, 11) is 0. The van der Waals surface area contributed by atoms with Crippen molar-refractivity contribution in [3.05, 3.63) is 29.3 Å². The maximum absolute atomic E-state index is 11.8. The van der Waals surface area contributed by atoms with Gasteiger partial charge in [0, 0.05) is 18.7 Å². The highest BCUT2D eigenvalue weighted by molar-refractivity contribution is 5.99. The molecule has 0 unspecified atom stereocenters. The SMILES string of the molecule is Cc1ccc(N)c(C(=O)NCCCCC(=O)O)c1. The van der Waals surface area contributed by atoms with Crippen LogP contribution in [0.25, 0.3) is 0 Å². The predicted molar refractivity (Wildman–Crippen MR) is 69.4 cm³/mol. The van der Waals surface area contributed by atoms with Gasteiger partial charge in [-0.1, -0.05) is 11.6 Å². The molecule has 98 valence electrons. The molecule has 0 fully saturated rings. The molecule has 5 nitrogen and oxygen atoms in total. The molecule has 5 heteroatoms. The molecule has 0 aliphatic carbocycles. The normalized spacial score (nSPS) is 10.1. The number of anilines is 1. The Bertz CT molecular complexity index is 444. The van der Waals surface area contributed by atoms with Crippen LogP contribution in [0.5, 0.6) is 0 Å². The number of aryl methyl sites for hydroxylation is 1. The standard InChI is InChI=1S/C13H18N2O3/c1-9-5-6-11(14)10(8-9)13(18)15-7-3-2-4-12(16)17/h5-6,8H,2-4,7,14H2,1H3,(H,15,18)(H,16,17). The molecule has 0 bridgehead atoms. The number of hydrogen-bond donors (Lipinski definition) is 3. The fourth-order valence-corrected chi connectivity index (χ4v) is 1.57. The summed E-state index contributed by atoms with van der Waals surface area (Å²) in [6, 6.07) is 5.29. The van der Waals surface area contributed by atoms with Gasteiger partial charge in [0.2, 0.25) is 0 Å². The van der Waals surface area contributed by atoms with Gasteiger partial charge < -0.3 is 16.2 Å². The van der Waals surface area contributed by atoms with Gasteiger partial charge in [-0.3, -0.25) is 9.59 Å². The Kier molecular flexibility index (Phi) is 5.17. The minimum absolute atomic E-state index is 0.127. The van der Waals surface area contributed by atoms with E-state index >= 15 is 0 Å². The largest absolute Gasteiger partial charge is 0.481 e. The van der Waals surface area contributed by atoms with Gasteiger partial charge in [0.25, 0.3) is 5.91 Å². The van der Waals surface area contributed by atoms with Gasteiger partial charge in [-0.2, -0.15) is 0 Å². The van der Waals surface area contributed by atoms with Crippen LogP contribution in [0, 0.1) is 6.92 Å². The summed E-state index contributed by atoms with van der Waals surface area (Å²) in [4.78, 5) is 22.1. The Labute approximate surface area is 106 Å². The highest BCUT2D eigenvalue weighted by Crippen LogP contribution is 2.13. The quantitative estimate of drug-likeness (QED) is 0.527. The second-order valence-electron chi connectivity index (χ2n) is 4.20. The number of carboxylic acids is 1. The molecule has 18 heavy (non-hydrogen) atoms. The lowest BCUT2D eigenvalue weighted by atomic mass is 10.1. The average Bonchev–Trinajstić information content (AvgIpc) is 2.31. The number of carbonyl (C=O) groups is 2. The minimum Gasteiger partial charge on any atom is -0.481 e. The van der Waals surface area contributed by atoms with E-state index in [1.54, 1.807) is 12.1 Å². The molecule has 0 atom stereocenters. The zero-order valence-electron chi connectivity index (χ0n) is 10.4. The number of nitrogen functional groups attached to an aromatic ring is 1. The number of carboxylic acid groups (broad SMARTS) is 1. The molecule has 0 aliphatic heterocycles. The number of carbonyl (C=O) groups excluding carboxylic acids is 1. The third kappa shape index (κ3) is 4.45. The second kappa shape index (κ2) is 6.64. The highest BCUT2D eigenvalue weighted by atomic mass is 16.4. The summed E-state index contributed by atoms with van der Waals surface area (Å²) in [6.45, 7) is 2.35. The summed E-state index contributed by atoms with van der Waals surface area (Å²) in [5, 5.41) is 11.2. The van der Waals surface area contributed by atoms with E-state index in [-0.39, 0.29) is 12.3 Å². The smallest absolute Gasteiger partial charge is 0.303 e. The number of unbranched alkanes of at least 4 members (excludes halogenated alkanes) is 1. The van der Waals surface area contributed by atoms with Crippen molar-refractivity contribution in [1.29, 1.82) is 0 Å². The molecular weight excluding hydrogens is 232 g/mol. The Morgan fingerprint density at radius 1 is 1.33 bits per heavy atom. The Morgan fingerprint density at radius 3 is 2.72 bits per heavy atom. The van der Waals surface area contributed by atoms with Gasteiger partial charge in [0.05, 0.1) is 5.56 Å². The van der Waals surface area contributed by atoms with Crippen LogP contribution in [0.15, 0.2) is 18.2 Å². The lowest BCUT2D eigenvalue weighted by molar-refractivity contribution is -0.137. The molecular formula is C13H18N2O3. The van der Waals surface area contributed by atoms with E-state index in [2.05, 4.69) is 5.32 Å². The molecule has 1 aromatic carbocycles. The second-order valence-corrected chi connectivity index (χ2v) is 4.20. The molecule has 0 aliphatic rings. The zero-order valence-corrected chi connectivity index (χ0v) is 10.4. The molecule has 0 saturated heterocycles. The van der Waals surface area contributed by atoms with Crippen molar-refractivity contribution >= 4 is 17.6 Å². The predicted octanol–water partition coefficient (Wildman–Crippen LogP) is 1.56. The van der Waals surface area contributed by atoms with E-state index in [0.717, 1.165) is 5.56 Å². The van der Waals surface area contributed by atoms with Gasteiger partial charge in [0.1, 0.15) is 0 Å². The fraction of sp³-hybridized carbons (Fsp3) is 0.385. The summed E-state index contributed by atoms with van der Waals surface area (Å²) >= 11 is 0. The van der Waals surface area contributed by atoms with Gasteiger partial charge >= 0.3 is 5.97 Å². The van der Waals surface area contributed by atoms with Crippen LogP contribution < -0.4 is 11.1 Å². The van der Waals surface area contributed by atoms with Gasteiger partial charge in [0.15, 0.2) is 0 Å². The number of nitrogens with one attached hydrogen (secondary N) is 1. The Balaban J connectivity index is 2.41. The number of rotatable bonds is 6. The van der Waals surface area contributed by atoms with Crippen LogP contribution in [0.4, 0.5) is 5.69 Å². The van der Waals surface area contributed by atoms with E-state index in [9.17, 15) is 9.59 Å². The Hall–Kier alpha value is -2.04. The molecule has 0 radical (unpaired) electrons. The van der Waals surface area contributed by atoms with Crippen molar-refractivity contribution in [3.8, 4) is 0 Å². The summed E-state index contributed by atoms with van der Waals surface area (Å²) < 4.78 is 0. The third-order valence-electron chi connectivity index (χ3n) is 2.56. The fourth-order valence-electron chi connectivity index (χ4n) is 1.57.